The van der Waals surface area contributed by atoms with Gasteiger partial charge in [-0.3, -0.25) is 0 Å². The Kier molecular flexibility index (Phi) is 2.77. The van der Waals surface area contributed by atoms with Crippen molar-refractivity contribution < 1.29 is 0 Å². The Hall–Kier alpha value is -1.47. The lowest BCUT2D eigenvalue weighted by Gasteiger charge is -2.03. The molecule has 86 valence electrons. The second-order valence-corrected chi connectivity index (χ2v) is 5.32. The second-order valence-electron chi connectivity index (χ2n) is 3.41. The molecule has 0 saturated heterocycles. The van der Waals surface area contributed by atoms with E-state index in [1.165, 1.54) is 11.2 Å². The number of anilines is 1. The number of imidazole rings is 1. The number of rotatable bonds is 3. The third kappa shape index (κ3) is 2.16. The van der Waals surface area contributed by atoms with Crippen molar-refractivity contribution >= 4 is 44.2 Å². The van der Waals surface area contributed by atoms with Crippen molar-refractivity contribution in [3.63, 3.8) is 0 Å². The zero-order valence-electron chi connectivity index (χ0n) is 8.64. The van der Waals surface area contributed by atoms with Gasteiger partial charge in [-0.1, -0.05) is 0 Å². The fourth-order valence-corrected chi connectivity index (χ4v) is 2.91. The minimum Gasteiger partial charge on any atom is -0.363 e. The Balaban J connectivity index is 1.83. The van der Waals surface area contributed by atoms with E-state index in [1.54, 1.807) is 17.7 Å². The molecule has 0 unspecified atom stereocenters. The average molecular weight is 310 g/mol. The number of halogens is 1. The van der Waals surface area contributed by atoms with E-state index in [0.717, 1.165) is 22.4 Å². The molecule has 3 aromatic heterocycles. The summed E-state index contributed by atoms with van der Waals surface area (Å²) < 4.78 is 1.11. The first kappa shape index (κ1) is 10.7. The molecular formula is C10H8BrN5S. The van der Waals surface area contributed by atoms with Gasteiger partial charge in [0.05, 0.1) is 12.9 Å². The maximum atomic E-state index is 4.20. The van der Waals surface area contributed by atoms with Gasteiger partial charge in [-0.25, -0.2) is 15.0 Å². The summed E-state index contributed by atoms with van der Waals surface area (Å²) in [6.07, 6.45) is 3.13. The van der Waals surface area contributed by atoms with Crippen LogP contribution in [0.5, 0.6) is 0 Å². The minimum atomic E-state index is 0.676. The molecule has 0 amide bonds. The summed E-state index contributed by atoms with van der Waals surface area (Å²) in [5, 5.41) is 5.33. The summed E-state index contributed by atoms with van der Waals surface area (Å²) in [6, 6.07) is 2.09. The van der Waals surface area contributed by atoms with E-state index < -0.39 is 0 Å². The number of hydrogen-bond donors (Lipinski definition) is 2. The van der Waals surface area contributed by atoms with Crippen molar-refractivity contribution in [1.29, 1.82) is 0 Å². The van der Waals surface area contributed by atoms with Crippen LogP contribution in [0.25, 0.3) is 11.2 Å². The van der Waals surface area contributed by atoms with Crippen LogP contribution in [-0.4, -0.2) is 19.9 Å². The lowest BCUT2D eigenvalue weighted by molar-refractivity contribution is 1.12. The van der Waals surface area contributed by atoms with Gasteiger partial charge < -0.3 is 10.3 Å². The van der Waals surface area contributed by atoms with Crippen molar-refractivity contribution in [1.82, 2.24) is 19.9 Å². The van der Waals surface area contributed by atoms with Crippen LogP contribution in [0.2, 0.25) is 0 Å². The fraction of sp³-hybridized carbons (Fsp3) is 0.100. The monoisotopic (exact) mass is 309 g/mol. The van der Waals surface area contributed by atoms with E-state index in [4.69, 9.17) is 0 Å². The highest BCUT2D eigenvalue weighted by Crippen LogP contribution is 2.21. The standard InChI is InChI=1S/C10H8BrN5S/c11-6-1-7(17-3-6)2-12-9-8-10(14-4-13-8)16-5-15-9/h1,3-5H,2H2,(H2,12,13,14,15,16). The molecule has 0 aliphatic heterocycles. The molecule has 5 nitrogen and oxygen atoms in total. The highest BCUT2D eigenvalue weighted by atomic mass is 79.9. The van der Waals surface area contributed by atoms with Crippen molar-refractivity contribution in [2.75, 3.05) is 5.32 Å². The quantitative estimate of drug-likeness (QED) is 0.780. The smallest absolute Gasteiger partial charge is 0.182 e. The molecule has 0 bridgehead atoms. The van der Waals surface area contributed by atoms with Crippen LogP contribution in [0.4, 0.5) is 5.82 Å². The highest BCUT2D eigenvalue weighted by Gasteiger charge is 2.05. The van der Waals surface area contributed by atoms with Crippen molar-refractivity contribution in [3.05, 3.63) is 33.5 Å². The maximum Gasteiger partial charge on any atom is 0.182 e. The Morgan fingerprint density at radius 2 is 2.29 bits per heavy atom. The largest absolute Gasteiger partial charge is 0.363 e. The molecule has 3 heterocycles. The predicted molar refractivity (Wildman–Crippen MR) is 71.0 cm³/mol. The normalized spacial score (nSPS) is 10.9. The Morgan fingerprint density at radius 3 is 3.12 bits per heavy atom. The van der Waals surface area contributed by atoms with Crippen LogP contribution < -0.4 is 5.32 Å². The molecule has 0 atom stereocenters. The van der Waals surface area contributed by atoms with E-state index in [9.17, 15) is 0 Å². The van der Waals surface area contributed by atoms with E-state index in [2.05, 4.69) is 52.6 Å². The number of nitrogens with one attached hydrogen (secondary N) is 2. The molecule has 2 N–H and O–H groups in total. The summed E-state index contributed by atoms with van der Waals surface area (Å²) >= 11 is 5.13. The van der Waals surface area contributed by atoms with Crippen molar-refractivity contribution in [2.24, 2.45) is 0 Å². The first-order chi connectivity index (χ1) is 8.33. The molecular weight excluding hydrogens is 302 g/mol. The number of aromatic nitrogens is 4. The first-order valence-corrected chi connectivity index (χ1v) is 6.61. The molecule has 0 aliphatic carbocycles. The van der Waals surface area contributed by atoms with Gasteiger partial charge in [0.15, 0.2) is 11.5 Å². The van der Waals surface area contributed by atoms with Crippen LogP contribution in [0.1, 0.15) is 4.88 Å². The number of H-pyrrole nitrogens is 1. The number of hydrogen-bond acceptors (Lipinski definition) is 5. The van der Waals surface area contributed by atoms with E-state index in [1.807, 2.05) is 0 Å². The van der Waals surface area contributed by atoms with Gasteiger partial charge in [-0.15, -0.1) is 11.3 Å². The van der Waals surface area contributed by atoms with Gasteiger partial charge in [0.2, 0.25) is 0 Å². The van der Waals surface area contributed by atoms with Gasteiger partial charge in [-0.05, 0) is 22.0 Å². The summed E-state index contributed by atoms with van der Waals surface area (Å²) in [5.74, 6) is 0.775. The molecule has 0 aliphatic rings. The molecule has 7 heteroatoms. The summed E-state index contributed by atoms with van der Waals surface area (Å²) in [6.45, 7) is 0.738. The Morgan fingerprint density at radius 1 is 1.35 bits per heavy atom. The molecule has 17 heavy (non-hydrogen) atoms. The molecule has 0 spiro atoms. The molecule has 3 aromatic rings. The van der Waals surface area contributed by atoms with E-state index in [-0.39, 0.29) is 0 Å². The lowest BCUT2D eigenvalue weighted by atomic mass is 10.4. The molecule has 0 aromatic carbocycles. The van der Waals surface area contributed by atoms with Gasteiger partial charge >= 0.3 is 0 Å². The fourth-order valence-electron chi connectivity index (χ4n) is 1.52. The number of thiophene rings is 1. The molecule has 0 saturated carbocycles. The minimum absolute atomic E-state index is 0.676. The van der Waals surface area contributed by atoms with Crippen LogP contribution in [0, 0.1) is 0 Å². The SMILES string of the molecule is Brc1csc(CNc2ncnc3nc[nH]c23)c1. The zero-order chi connectivity index (χ0) is 11.7. The maximum absolute atomic E-state index is 4.20. The van der Waals surface area contributed by atoms with Crippen LogP contribution in [0.3, 0.4) is 0 Å². The molecule has 0 radical (unpaired) electrons. The van der Waals surface area contributed by atoms with Crippen LogP contribution in [0.15, 0.2) is 28.6 Å². The average Bonchev–Trinajstić information content (AvgIpc) is 2.94. The summed E-state index contributed by atoms with van der Waals surface area (Å²) in [7, 11) is 0. The Labute approximate surface area is 109 Å². The summed E-state index contributed by atoms with van der Waals surface area (Å²) in [4.78, 5) is 16.6. The van der Waals surface area contributed by atoms with Crippen LogP contribution in [-0.2, 0) is 6.54 Å². The van der Waals surface area contributed by atoms with Gasteiger partial charge in [0.25, 0.3) is 0 Å². The van der Waals surface area contributed by atoms with E-state index in [0.29, 0.717) is 5.65 Å². The zero-order valence-corrected chi connectivity index (χ0v) is 11.0. The highest BCUT2D eigenvalue weighted by molar-refractivity contribution is 9.10. The summed E-state index contributed by atoms with van der Waals surface area (Å²) in [5.41, 5.74) is 1.51. The van der Waals surface area contributed by atoms with Gasteiger partial charge in [-0.2, -0.15) is 0 Å². The number of fused-ring (bicyclic) bond motifs is 1. The van der Waals surface area contributed by atoms with Crippen molar-refractivity contribution in [3.8, 4) is 0 Å². The predicted octanol–water partition coefficient (Wildman–Crippen LogP) is 2.79. The third-order valence-corrected chi connectivity index (χ3v) is 3.97. The van der Waals surface area contributed by atoms with Gasteiger partial charge in [0, 0.05) is 14.7 Å². The Bertz CT molecular complexity index is 647. The van der Waals surface area contributed by atoms with Crippen LogP contribution >= 0.6 is 27.3 Å². The molecule has 0 fully saturated rings. The lowest BCUT2D eigenvalue weighted by Crippen LogP contribution is -2.01. The topological polar surface area (TPSA) is 66.5 Å². The third-order valence-electron chi connectivity index (χ3n) is 2.27. The van der Waals surface area contributed by atoms with Gasteiger partial charge in [0.1, 0.15) is 11.8 Å². The van der Waals surface area contributed by atoms with E-state index >= 15 is 0 Å². The number of aromatic amines is 1. The second kappa shape index (κ2) is 4.42. The molecule has 3 rings (SSSR count). The first-order valence-electron chi connectivity index (χ1n) is 4.94. The van der Waals surface area contributed by atoms with Crippen molar-refractivity contribution in [2.45, 2.75) is 6.54 Å². The number of nitrogens with zero attached hydrogens (tertiary/aromatic N) is 3.